The molecule has 2 N–H and O–H groups in total. The molecule has 0 saturated carbocycles. The molecule has 0 rings (SSSR count). The Morgan fingerprint density at radius 3 is 1.19 bits per heavy atom. The third kappa shape index (κ3) is 52.5. The Morgan fingerprint density at radius 2 is 0.824 bits per heavy atom. The Hall–Kier alpha value is -1.28. The minimum Gasteiger partial charge on any atom is -0.756 e. The third-order valence-electron chi connectivity index (χ3n) is 13.3. The van der Waals surface area contributed by atoms with Gasteiger partial charge in [-0.15, -0.1) is 0 Å². The molecule has 0 aromatic rings. The molecule has 9 heteroatoms. The molecule has 0 spiro atoms. The predicted molar refractivity (Wildman–Crippen MR) is 293 cm³/mol. The molecule has 0 radical (unpaired) electrons. The molecule has 0 aromatic carbocycles. The first kappa shape index (κ1) is 66.7. The SMILES string of the molecule is CCCCCCCCCCCCCCCCCCCCCC/C=C/CC/C=C/CC/C=C/C(O)C(COP(=O)([O-])OCC[N+](C)(C)C)NC(=O)CCCCCCCCCCCCCCCCCC. The van der Waals surface area contributed by atoms with Crippen LogP contribution < -0.4 is 10.2 Å². The van der Waals surface area contributed by atoms with E-state index in [4.69, 9.17) is 9.05 Å². The molecule has 0 aliphatic carbocycles. The summed E-state index contributed by atoms with van der Waals surface area (Å²) in [5.41, 5.74) is 0. The number of aliphatic hydroxyl groups is 1. The summed E-state index contributed by atoms with van der Waals surface area (Å²) in [6.45, 7) is 4.65. The lowest BCUT2D eigenvalue weighted by atomic mass is 10.0. The summed E-state index contributed by atoms with van der Waals surface area (Å²) in [7, 11) is 1.24. The van der Waals surface area contributed by atoms with Crippen LogP contribution in [0.3, 0.4) is 0 Å². The van der Waals surface area contributed by atoms with Gasteiger partial charge in [0, 0.05) is 6.42 Å². The first-order valence-electron chi connectivity index (χ1n) is 29.4. The van der Waals surface area contributed by atoms with Crippen LogP contribution in [0.15, 0.2) is 36.5 Å². The number of phosphoric acid groups is 1. The molecule has 0 bridgehead atoms. The van der Waals surface area contributed by atoms with Gasteiger partial charge in [-0.25, -0.2) is 0 Å². The van der Waals surface area contributed by atoms with Gasteiger partial charge in [0.05, 0.1) is 39.9 Å². The van der Waals surface area contributed by atoms with E-state index in [2.05, 4.69) is 43.5 Å². The van der Waals surface area contributed by atoms with Gasteiger partial charge in [0.25, 0.3) is 7.82 Å². The van der Waals surface area contributed by atoms with Crippen molar-refractivity contribution in [2.75, 3.05) is 40.9 Å². The van der Waals surface area contributed by atoms with Crippen LogP contribution in [0.4, 0.5) is 0 Å². The largest absolute Gasteiger partial charge is 0.756 e. The predicted octanol–water partition coefficient (Wildman–Crippen LogP) is 17.1. The average molecular weight is 980 g/mol. The molecular formula is C59H115N2O6P. The highest BCUT2D eigenvalue weighted by atomic mass is 31.2. The van der Waals surface area contributed by atoms with Gasteiger partial charge >= 0.3 is 0 Å². The molecule has 3 unspecified atom stereocenters. The van der Waals surface area contributed by atoms with E-state index in [1.165, 1.54) is 218 Å². The molecule has 0 saturated heterocycles. The van der Waals surface area contributed by atoms with E-state index in [9.17, 15) is 19.4 Å². The number of phosphoric ester groups is 1. The number of unbranched alkanes of at least 4 members (excludes halogenated alkanes) is 37. The first-order valence-corrected chi connectivity index (χ1v) is 30.8. The van der Waals surface area contributed by atoms with Crippen molar-refractivity contribution >= 4 is 13.7 Å². The molecule has 0 aliphatic heterocycles. The van der Waals surface area contributed by atoms with Gasteiger partial charge in [-0.3, -0.25) is 9.36 Å². The Labute approximate surface area is 423 Å². The van der Waals surface area contributed by atoms with Crippen LogP contribution in [0.1, 0.15) is 284 Å². The maximum absolute atomic E-state index is 12.9. The highest BCUT2D eigenvalue weighted by molar-refractivity contribution is 7.45. The number of rotatable bonds is 54. The lowest BCUT2D eigenvalue weighted by Gasteiger charge is -2.29. The molecule has 8 nitrogen and oxygen atoms in total. The van der Waals surface area contributed by atoms with Crippen LogP contribution in [0, 0.1) is 0 Å². The van der Waals surface area contributed by atoms with Crippen molar-refractivity contribution in [1.82, 2.24) is 5.32 Å². The van der Waals surface area contributed by atoms with E-state index >= 15 is 0 Å². The van der Waals surface area contributed by atoms with Crippen molar-refractivity contribution < 1.29 is 32.9 Å². The zero-order valence-electron chi connectivity index (χ0n) is 45.8. The second-order valence-electron chi connectivity index (χ2n) is 21.3. The van der Waals surface area contributed by atoms with Crippen molar-refractivity contribution in [1.29, 1.82) is 0 Å². The summed E-state index contributed by atoms with van der Waals surface area (Å²) in [4.78, 5) is 25.4. The fourth-order valence-electron chi connectivity index (χ4n) is 8.72. The maximum Gasteiger partial charge on any atom is 0.268 e. The van der Waals surface area contributed by atoms with Gasteiger partial charge in [0.15, 0.2) is 0 Å². The molecule has 0 heterocycles. The second kappa shape index (κ2) is 50.7. The van der Waals surface area contributed by atoms with Crippen LogP contribution in [0.25, 0.3) is 0 Å². The monoisotopic (exact) mass is 979 g/mol. The van der Waals surface area contributed by atoms with Crippen molar-refractivity contribution in [3.8, 4) is 0 Å². The molecule has 0 aliphatic rings. The van der Waals surface area contributed by atoms with Gasteiger partial charge < -0.3 is 28.8 Å². The van der Waals surface area contributed by atoms with E-state index in [0.717, 1.165) is 44.9 Å². The molecule has 0 aromatic heterocycles. The van der Waals surface area contributed by atoms with Crippen molar-refractivity contribution in [3.63, 3.8) is 0 Å². The fourth-order valence-corrected chi connectivity index (χ4v) is 9.44. The molecule has 3 atom stereocenters. The zero-order valence-corrected chi connectivity index (χ0v) is 46.7. The zero-order chi connectivity index (χ0) is 49.9. The smallest absolute Gasteiger partial charge is 0.268 e. The van der Waals surface area contributed by atoms with Gasteiger partial charge in [-0.2, -0.15) is 0 Å². The Kier molecular flexibility index (Phi) is 49.7. The average Bonchev–Trinajstić information content (AvgIpc) is 3.30. The van der Waals surface area contributed by atoms with Crippen molar-refractivity contribution in [2.45, 2.75) is 296 Å². The number of likely N-dealkylation sites (N-methyl/N-ethyl adjacent to an activating group) is 1. The van der Waals surface area contributed by atoms with E-state index in [1.54, 1.807) is 6.08 Å². The molecule has 0 fully saturated rings. The van der Waals surface area contributed by atoms with Gasteiger partial charge in [-0.05, 0) is 44.9 Å². The number of hydrogen-bond acceptors (Lipinski definition) is 6. The maximum atomic E-state index is 12.9. The molecular weight excluding hydrogens is 864 g/mol. The molecule has 402 valence electrons. The lowest BCUT2D eigenvalue weighted by molar-refractivity contribution is -0.870. The summed E-state index contributed by atoms with van der Waals surface area (Å²) in [5.74, 6) is -0.208. The number of aliphatic hydroxyl groups excluding tert-OH is 1. The highest BCUT2D eigenvalue weighted by Crippen LogP contribution is 2.38. The summed E-state index contributed by atoms with van der Waals surface area (Å²) in [6.07, 6.45) is 65.2. The Bertz CT molecular complexity index is 1200. The molecule has 1 amide bonds. The number of nitrogens with zero attached hydrogens (tertiary/aromatic N) is 1. The fraction of sp³-hybridized carbons (Fsp3) is 0.881. The van der Waals surface area contributed by atoms with E-state index in [1.807, 2.05) is 27.2 Å². The van der Waals surface area contributed by atoms with Gasteiger partial charge in [-0.1, -0.05) is 269 Å². The third-order valence-corrected chi connectivity index (χ3v) is 14.3. The van der Waals surface area contributed by atoms with E-state index in [0.29, 0.717) is 17.4 Å². The topological polar surface area (TPSA) is 108 Å². The number of quaternary nitrogens is 1. The lowest BCUT2D eigenvalue weighted by Crippen LogP contribution is -2.45. The summed E-state index contributed by atoms with van der Waals surface area (Å²) in [6, 6.07) is -0.907. The standard InChI is InChI=1S/C59H115N2O6P/c1-6-8-10-12-14-16-18-20-22-24-25-26-27-28-29-30-31-32-33-34-35-36-37-38-40-42-44-46-48-50-52-58(62)57(56-67-68(64,65)66-55-54-61(3,4)5)60-59(63)53-51-49-47-45-43-41-39-23-21-19-17-15-13-11-9-7-2/h36-37,42,44,50,52,57-58,62H,6-35,38-41,43,45-49,51,53-56H2,1-5H3,(H-,60,63,64,65)/b37-36+,44-42+,52-50+. The minimum absolute atomic E-state index is 0.00745. The number of hydrogen-bond donors (Lipinski definition) is 2. The van der Waals surface area contributed by atoms with Crippen LogP contribution in [0.2, 0.25) is 0 Å². The van der Waals surface area contributed by atoms with Crippen LogP contribution in [-0.4, -0.2) is 68.5 Å². The quantitative estimate of drug-likeness (QED) is 0.0272. The Morgan fingerprint density at radius 1 is 0.500 bits per heavy atom. The van der Waals surface area contributed by atoms with E-state index in [-0.39, 0.29) is 12.5 Å². The minimum atomic E-state index is -4.61. The van der Waals surface area contributed by atoms with Crippen LogP contribution in [-0.2, 0) is 18.4 Å². The van der Waals surface area contributed by atoms with Crippen molar-refractivity contribution in [3.05, 3.63) is 36.5 Å². The van der Waals surface area contributed by atoms with Crippen LogP contribution in [0.5, 0.6) is 0 Å². The number of carbonyl (C=O) groups excluding carboxylic acids is 1. The van der Waals surface area contributed by atoms with Gasteiger partial charge in [0.1, 0.15) is 13.2 Å². The molecule has 68 heavy (non-hydrogen) atoms. The summed E-state index contributed by atoms with van der Waals surface area (Å²) in [5, 5.41) is 13.9. The number of carbonyl (C=O) groups is 1. The van der Waals surface area contributed by atoms with E-state index < -0.39 is 26.6 Å². The number of nitrogens with one attached hydrogen (secondary N) is 1. The number of amides is 1. The highest BCUT2D eigenvalue weighted by Gasteiger charge is 2.23. The summed E-state index contributed by atoms with van der Waals surface area (Å²) >= 11 is 0. The first-order chi connectivity index (χ1) is 33.0. The van der Waals surface area contributed by atoms with Crippen molar-refractivity contribution in [2.24, 2.45) is 0 Å². The Balaban J connectivity index is 4.20. The number of allylic oxidation sites excluding steroid dienone is 5. The second-order valence-corrected chi connectivity index (χ2v) is 22.8. The summed E-state index contributed by atoms with van der Waals surface area (Å²) < 4.78 is 23.3. The normalized spacial score (nSPS) is 14.2. The van der Waals surface area contributed by atoms with Crippen LogP contribution >= 0.6 is 7.82 Å². The van der Waals surface area contributed by atoms with Gasteiger partial charge in [0.2, 0.25) is 5.91 Å².